The molecule has 0 aliphatic carbocycles. The number of carbonyl (C=O) groups is 1. The number of carbonyl (C=O) groups excluding carboxylic acids is 1. The molecule has 1 fully saturated rings. The Balaban J connectivity index is 1.55. The van der Waals surface area contributed by atoms with Crippen molar-refractivity contribution in [2.45, 2.75) is 38.9 Å². The van der Waals surface area contributed by atoms with Crippen LogP contribution < -0.4 is 0 Å². The number of aryl methyl sites for hydroxylation is 1. The fourth-order valence-electron chi connectivity index (χ4n) is 2.83. The van der Waals surface area contributed by atoms with E-state index >= 15 is 0 Å². The molecule has 9 nitrogen and oxygen atoms in total. The SMILES string of the molecule is Cc1noc(CN(C)C2CCCN(C(=O)Cn3nccn3)C2)n1. The molecule has 1 amide bonds. The van der Waals surface area contributed by atoms with Gasteiger partial charge in [-0.05, 0) is 26.8 Å². The van der Waals surface area contributed by atoms with Gasteiger partial charge in [-0.1, -0.05) is 5.16 Å². The summed E-state index contributed by atoms with van der Waals surface area (Å²) in [4.78, 5) is 22.1. The van der Waals surface area contributed by atoms with Gasteiger partial charge in [0.1, 0.15) is 6.54 Å². The quantitative estimate of drug-likeness (QED) is 0.771. The van der Waals surface area contributed by atoms with Crippen LogP contribution >= 0.6 is 0 Å². The Morgan fingerprint density at radius 1 is 1.43 bits per heavy atom. The highest BCUT2D eigenvalue weighted by Gasteiger charge is 2.27. The highest BCUT2D eigenvalue weighted by molar-refractivity contribution is 5.75. The Labute approximate surface area is 134 Å². The van der Waals surface area contributed by atoms with E-state index < -0.39 is 0 Å². The summed E-state index contributed by atoms with van der Waals surface area (Å²) in [6.07, 6.45) is 5.18. The topological polar surface area (TPSA) is 93.2 Å². The lowest BCUT2D eigenvalue weighted by molar-refractivity contribution is -0.134. The van der Waals surface area contributed by atoms with Crippen molar-refractivity contribution in [3.63, 3.8) is 0 Å². The molecule has 1 aliphatic rings. The molecule has 2 aromatic rings. The lowest BCUT2D eigenvalue weighted by atomic mass is 10.0. The molecule has 0 spiro atoms. The van der Waals surface area contributed by atoms with Crippen LogP contribution in [0.5, 0.6) is 0 Å². The minimum atomic E-state index is 0.0490. The molecule has 0 radical (unpaired) electrons. The summed E-state index contributed by atoms with van der Waals surface area (Å²) in [7, 11) is 2.02. The molecule has 1 atom stereocenters. The zero-order valence-electron chi connectivity index (χ0n) is 13.4. The average Bonchev–Trinajstić information content (AvgIpc) is 3.19. The third kappa shape index (κ3) is 3.92. The van der Waals surface area contributed by atoms with E-state index in [0.717, 1.165) is 19.4 Å². The van der Waals surface area contributed by atoms with Crippen LogP contribution in [0.2, 0.25) is 0 Å². The first-order valence-electron chi connectivity index (χ1n) is 7.73. The molecule has 1 unspecified atom stereocenters. The molecule has 1 saturated heterocycles. The van der Waals surface area contributed by atoms with Gasteiger partial charge in [0.05, 0.1) is 18.9 Å². The summed E-state index contributed by atoms with van der Waals surface area (Å²) in [6, 6.07) is 0.283. The van der Waals surface area contributed by atoms with Crippen LogP contribution in [-0.4, -0.2) is 67.0 Å². The maximum absolute atomic E-state index is 12.4. The molecule has 0 aromatic carbocycles. The summed E-state index contributed by atoms with van der Waals surface area (Å²) < 4.78 is 5.17. The molecule has 124 valence electrons. The number of nitrogens with zero attached hydrogens (tertiary/aromatic N) is 7. The Bertz CT molecular complexity index is 639. The van der Waals surface area contributed by atoms with Gasteiger partial charge in [-0.3, -0.25) is 9.69 Å². The van der Waals surface area contributed by atoms with Crippen LogP contribution in [0, 0.1) is 6.92 Å². The zero-order chi connectivity index (χ0) is 16.2. The average molecular weight is 319 g/mol. The van der Waals surface area contributed by atoms with Crippen molar-refractivity contribution in [3.05, 3.63) is 24.1 Å². The van der Waals surface area contributed by atoms with Crippen LogP contribution in [0.1, 0.15) is 24.6 Å². The summed E-state index contributed by atoms with van der Waals surface area (Å²) in [6.45, 7) is 4.06. The fourth-order valence-corrected chi connectivity index (χ4v) is 2.83. The fraction of sp³-hybridized carbons (Fsp3) is 0.643. The van der Waals surface area contributed by atoms with Crippen molar-refractivity contribution in [2.75, 3.05) is 20.1 Å². The second-order valence-corrected chi connectivity index (χ2v) is 5.85. The van der Waals surface area contributed by atoms with Crippen LogP contribution in [0.25, 0.3) is 0 Å². The minimum absolute atomic E-state index is 0.0490. The third-order valence-corrected chi connectivity index (χ3v) is 4.07. The van der Waals surface area contributed by atoms with Crippen LogP contribution in [-0.2, 0) is 17.9 Å². The molecule has 0 N–H and O–H groups in total. The normalized spacial score (nSPS) is 18.6. The van der Waals surface area contributed by atoms with Gasteiger partial charge in [0.25, 0.3) is 0 Å². The van der Waals surface area contributed by atoms with E-state index in [2.05, 4.69) is 25.2 Å². The monoisotopic (exact) mass is 319 g/mol. The Morgan fingerprint density at radius 3 is 2.91 bits per heavy atom. The number of rotatable bonds is 5. The minimum Gasteiger partial charge on any atom is -0.339 e. The van der Waals surface area contributed by atoms with Crippen LogP contribution in [0.4, 0.5) is 0 Å². The first kappa shape index (κ1) is 15.6. The van der Waals surface area contributed by atoms with Gasteiger partial charge in [0.2, 0.25) is 11.8 Å². The molecule has 1 aliphatic heterocycles. The number of piperidine rings is 1. The molecular weight excluding hydrogens is 298 g/mol. The predicted octanol–water partition coefficient (Wildman–Crippen LogP) is 0.0925. The van der Waals surface area contributed by atoms with Crippen molar-refractivity contribution in [2.24, 2.45) is 0 Å². The molecule has 9 heteroatoms. The summed E-state index contributed by atoms with van der Waals surface area (Å²) in [5.41, 5.74) is 0. The van der Waals surface area contributed by atoms with Gasteiger partial charge < -0.3 is 9.42 Å². The van der Waals surface area contributed by atoms with Crippen LogP contribution in [0.15, 0.2) is 16.9 Å². The van der Waals surface area contributed by atoms with Gasteiger partial charge in [-0.25, -0.2) is 0 Å². The van der Waals surface area contributed by atoms with Gasteiger partial charge in [0.15, 0.2) is 5.82 Å². The van der Waals surface area contributed by atoms with Crippen molar-refractivity contribution < 1.29 is 9.32 Å². The van der Waals surface area contributed by atoms with Gasteiger partial charge in [-0.2, -0.15) is 20.0 Å². The zero-order valence-corrected chi connectivity index (χ0v) is 13.4. The first-order chi connectivity index (χ1) is 11.1. The van der Waals surface area contributed by atoms with E-state index in [4.69, 9.17) is 4.52 Å². The Hall–Kier alpha value is -2.29. The van der Waals surface area contributed by atoms with Crippen LogP contribution in [0.3, 0.4) is 0 Å². The number of amides is 1. The Morgan fingerprint density at radius 2 is 2.22 bits per heavy atom. The molecule has 23 heavy (non-hydrogen) atoms. The maximum atomic E-state index is 12.4. The summed E-state index contributed by atoms with van der Waals surface area (Å²) in [5.74, 6) is 1.29. The van der Waals surface area contributed by atoms with E-state index in [9.17, 15) is 4.79 Å². The Kier molecular flexibility index (Phi) is 4.65. The summed E-state index contributed by atoms with van der Waals surface area (Å²) >= 11 is 0. The lowest BCUT2D eigenvalue weighted by Gasteiger charge is -2.37. The van der Waals surface area contributed by atoms with Crippen molar-refractivity contribution in [3.8, 4) is 0 Å². The molecule has 3 rings (SSSR count). The standard InChI is InChI=1S/C14H21N7O2/c1-11-17-13(23-18-11)9-19(2)12-4-3-7-20(8-12)14(22)10-21-15-5-6-16-21/h5-6,12H,3-4,7-10H2,1-2H3. The lowest BCUT2D eigenvalue weighted by Crippen LogP contribution is -2.49. The smallest absolute Gasteiger partial charge is 0.246 e. The highest BCUT2D eigenvalue weighted by atomic mass is 16.5. The second kappa shape index (κ2) is 6.86. The van der Waals surface area contributed by atoms with Crippen molar-refractivity contribution in [1.29, 1.82) is 0 Å². The molecule has 2 aromatic heterocycles. The van der Waals surface area contributed by atoms with Gasteiger partial charge >= 0.3 is 0 Å². The van der Waals surface area contributed by atoms with E-state index in [-0.39, 0.29) is 18.5 Å². The van der Waals surface area contributed by atoms with Gasteiger partial charge in [-0.15, -0.1) is 0 Å². The largest absolute Gasteiger partial charge is 0.339 e. The number of likely N-dealkylation sites (tertiary alicyclic amines) is 1. The number of likely N-dealkylation sites (N-methyl/N-ethyl adjacent to an activating group) is 1. The third-order valence-electron chi connectivity index (χ3n) is 4.07. The number of aromatic nitrogens is 5. The maximum Gasteiger partial charge on any atom is 0.246 e. The highest BCUT2D eigenvalue weighted by Crippen LogP contribution is 2.17. The number of hydrogen-bond acceptors (Lipinski definition) is 7. The predicted molar refractivity (Wildman–Crippen MR) is 80.1 cm³/mol. The number of hydrogen-bond donors (Lipinski definition) is 0. The van der Waals surface area contributed by atoms with Crippen molar-refractivity contribution in [1.82, 2.24) is 34.9 Å². The molecule has 0 bridgehead atoms. The first-order valence-corrected chi connectivity index (χ1v) is 7.73. The van der Waals surface area contributed by atoms with E-state index in [1.54, 1.807) is 19.3 Å². The molecule has 3 heterocycles. The summed E-state index contributed by atoms with van der Waals surface area (Å²) in [5, 5.41) is 11.8. The van der Waals surface area contributed by atoms with E-state index in [1.165, 1.54) is 4.80 Å². The molecular formula is C14H21N7O2. The molecule has 0 saturated carbocycles. The van der Waals surface area contributed by atoms with Gasteiger partial charge in [0, 0.05) is 19.1 Å². The second-order valence-electron chi connectivity index (χ2n) is 5.85. The van der Waals surface area contributed by atoms with Crippen molar-refractivity contribution >= 4 is 5.91 Å². The van der Waals surface area contributed by atoms with E-state index in [0.29, 0.717) is 24.8 Å². The van der Waals surface area contributed by atoms with E-state index in [1.807, 2.05) is 11.9 Å².